The molecule has 1 aromatic carbocycles. The normalized spacial score (nSPS) is 16.1. The SMILES string of the molecule is COc1cc2c(cc1CNC(=O)c1c(C)oc3ncnc(NC4(C)CC4)c13)OCCO2. The smallest absolute Gasteiger partial charge is 0.255 e. The molecular formula is C22H24N4O5. The molecule has 0 unspecified atom stereocenters. The molecule has 2 N–H and O–H groups in total. The first-order valence-electron chi connectivity index (χ1n) is 10.2. The number of carbonyl (C=O) groups is 1. The van der Waals surface area contributed by atoms with Crippen LogP contribution in [0.1, 0.15) is 41.4 Å². The van der Waals surface area contributed by atoms with Gasteiger partial charge in [-0.15, -0.1) is 0 Å². The van der Waals surface area contributed by atoms with E-state index in [0.717, 1.165) is 18.4 Å². The zero-order valence-corrected chi connectivity index (χ0v) is 17.7. The van der Waals surface area contributed by atoms with Gasteiger partial charge in [0.25, 0.3) is 5.91 Å². The quantitative estimate of drug-likeness (QED) is 0.621. The molecule has 0 radical (unpaired) electrons. The Balaban J connectivity index is 1.43. The second-order valence-corrected chi connectivity index (χ2v) is 8.11. The number of amides is 1. The molecule has 0 saturated heterocycles. The molecule has 9 nitrogen and oxygen atoms in total. The van der Waals surface area contributed by atoms with Crippen molar-refractivity contribution in [3.63, 3.8) is 0 Å². The van der Waals surface area contributed by atoms with Crippen molar-refractivity contribution in [1.82, 2.24) is 15.3 Å². The number of rotatable bonds is 6. The first kappa shape index (κ1) is 19.5. The Morgan fingerprint density at radius 3 is 2.65 bits per heavy atom. The maximum absolute atomic E-state index is 13.2. The molecule has 3 heterocycles. The lowest BCUT2D eigenvalue weighted by atomic mass is 10.1. The van der Waals surface area contributed by atoms with Gasteiger partial charge in [-0.25, -0.2) is 9.97 Å². The van der Waals surface area contributed by atoms with Gasteiger partial charge in [0, 0.05) is 23.7 Å². The Hall–Kier alpha value is -3.49. The maximum Gasteiger partial charge on any atom is 0.255 e. The minimum atomic E-state index is -0.271. The summed E-state index contributed by atoms with van der Waals surface area (Å²) < 4.78 is 22.5. The van der Waals surface area contributed by atoms with Gasteiger partial charge in [-0.05, 0) is 32.8 Å². The number of hydrogen-bond acceptors (Lipinski definition) is 8. The predicted octanol–water partition coefficient (Wildman–Crippen LogP) is 3.21. The summed E-state index contributed by atoms with van der Waals surface area (Å²) in [5, 5.41) is 6.99. The van der Waals surface area contributed by atoms with Crippen molar-refractivity contribution in [3.8, 4) is 17.2 Å². The molecule has 31 heavy (non-hydrogen) atoms. The van der Waals surface area contributed by atoms with E-state index >= 15 is 0 Å². The summed E-state index contributed by atoms with van der Waals surface area (Å²) in [6.45, 7) is 5.11. The summed E-state index contributed by atoms with van der Waals surface area (Å²) in [4.78, 5) is 21.8. The van der Waals surface area contributed by atoms with Crippen LogP contribution in [-0.4, -0.2) is 41.7 Å². The van der Waals surface area contributed by atoms with Gasteiger partial charge in [-0.1, -0.05) is 0 Å². The van der Waals surface area contributed by atoms with Crippen LogP contribution in [0.3, 0.4) is 0 Å². The number of furan rings is 1. The Labute approximate surface area is 179 Å². The number of benzene rings is 1. The van der Waals surface area contributed by atoms with Crippen molar-refractivity contribution in [1.29, 1.82) is 0 Å². The second kappa shape index (κ2) is 7.33. The number of aromatic nitrogens is 2. The number of hydrogen-bond donors (Lipinski definition) is 2. The summed E-state index contributed by atoms with van der Waals surface area (Å²) >= 11 is 0. The van der Waals surface area contributed by atoms with E-state index in [-0.39, 0.29) is 18.0 Å². The fourth-order valence-corrected chi connectivity index (χ4v) is 3.72. The predicted molar refractivity (Wildman–Crippen MR) is 113 cm³/mol. The molecule has 0 bridgehead atoms. The van der Waals surface area contributed by atoms with E-state index in [1.807, 2.05) is 6.07 Å². The van der Waals surface area contributed by atoms with Gasteiger partial charge in [0.05, 0.1) is 18.1 Å². The van der Waals surface area contributed by atoms with Gasteiger partial charge in [-0.3, -0.25) is 4.79 Å². The first-order chi connectivity index (χ1) is 15.0. The zero-order chi connectivity index (χ0) is 21.6. The molecule has 1 aliphatic carbocycles. The first-order valence-corrected chi connectivity index (χ1v) is 10.2. The van der Waals surface area contributed by atoms with E-state index in [1.54, 1.807) is 20.1 Å². The summed E-state index contributed by atoms with van der Waals surface area (Å²) in [5.41, 5.74) is 1.60. The van der Waals surface area contributed by atoms with Gasteiger partial charge >= 0.3 is 0 Å². The van der Waals surface area contributed by atoms with Crippen LogP contribution >= 0.6 is 0 Å². The van der Waals surface area contributed by atoms with Crippen LogP contribution in [-0.2, 0) is 6.54 Å². The molecular weight excluding hydrogens is 400 g/mol. The summed E-state index contributed by atoms with van der Waals surface area (Å²) in [6.07, 6.45) is 3.56. The molecule has 1 amide bonds. The molecule has 1 fully saturated rings. The third-order valence-corrected chi connectivity index (χ3v) is 5.70. The van der Waals surface area contributed by atoms with Crippen molar-refractivity contribution in [2.24, 2.45) is 0 Å². The van der Waals surface area contributed by atoms with Crippen molar-refractivity contribution in [2.45, 2.75) is 38.8 Å². The van der Waals surface area contributed by atoms with Crippen LogP contribution in [0.2, 0.25) is 0 Å². The number of aryl methyl sites for hydroxylation is 1. The molecule has 1 aliphatic heterocycles. The van der Waals surface area contributed by atoms with Crippen molar-refractivity contribution in [3.05, 3.63) is 35.3 Å². The lowest BCUT2D eigenvalue weighted by Crippen LogP contribution is -2.24. The molecule has 0 spiro atoms. The average molecular weight is 424 g/mol. The number of nitrogens with one attached hydrogen (secondary N) is 2. The molecule has 0 atom stereocenters. The zero-order valence-electron chi connectivity index (χ0n) is 17.7. The number of anilines is 1. The fraction of sp³-hybridized carbons (Fsp3) is 0.409. The largest absolute Gasteiger partial charge is 0.496 e. The number of ether oxygens (including phenoxy) is 3. The van der Waals surface area contributed by atoms with Crippen molar-refractivity contribution in [2.75, 3.05) is 25.6 Å². The molecule has 2 aromatic heterocycles. The molecule has 9 heteroatoms. The second-order valence-electron chi connectivity index (χ2n) is 8.11. The Morgan fingerprint density at radius 2 is 1.94 bits per heavy atom. The summed E-state index contributed by atoms with van der Waals surface area (Å²) in [7, 11) is 1.58. The summed E-state index contributed by atoms with van der Waals surface area (Å²) in [6, 6.07) is 3.61. The molecule has 5 rings (SSSR count). The van der Waals surface area contributed by atoms with E-state index in [1.165, 1.54) is 6.33 Å². The Morgan fingerprint density at radius 1 is 1.19 bits per heavy atom. The Bertz CT molecular complexity index is 1170. The minimum absolute atomic E-state index is 0.00122. The van der Waals surface area contributed by atoms with Crippen LogP contribution in [0.5, 0.6) is 17.2 Å². The van der Waals surface area contributed by atoms with Crippen LogP contribution in [0.25, 0.3) is 11.1 Å². The van der Waals surface area contributed by atoms with Gasteiger partial charge in [0.15, 0.2) is 11.5 Å². The number of carbonyl (C=O) groups excluding carboxylic acids is 1. The van der Waals surface area contributed by atoms with Crippen molar-refractivity contribution >= 4 is 22.8 Å². The molecule has 162 valence electrons. The summed E-state index contributed by atoms with van der Waals surface area (Å²) in [5.74, 6) is 2.72. The third-order valence-electron chi connectivity index (χ3n) is 5.70. The lowest BCUT2D eigenvalue weighted by molar-refractivity contribution is 0.0950. The fourth-order valence-electron chi connectivity index (χ4n) is 3.72. The monoisotopic (exact) mass is 424 g/mol. The highest BCUT2D eigenvalue weighted by Crippen LogP contribution is 2.40. The maximum atomic E-state index is 13.2. The topological polar surface area (TPSA) is 108 Å². The average Bonchev–Trinajstić information content (AvgIpc) is 3.39. The number of fused-ring (bicyclic) bond motifs is 2. The highest BCUT2D eigenvalue weighted by atomic mass is 16.6. The molecule has 2 aliphatic rings. The van der Waals surface area contributed by atoms with E-state index < -0.39 is 0 Å². The lowest BCUT2D eigenvalue weighted by Gasteiger charge is -2.21. The van der Waals surface area contributed by atoms with Crippen LogP contribution in [0, 0.1) is 6.92 Å². The highest BCUT2D eigenvalue weighted by Gasteiger charge is 2.38. The highest BCUT2D eigenvalue weighted by molar-refractivity contribution is 6.10. The van der Waals surface area contributed by atoms with Crippen LogP contribution in [0.15, 0.2) is 22.9 Å². The number of nitrogens with zero attached hydrogens (tertiary/aromatic N) is 2. The molecule has 3 aromatic rings. The van der Waals surface area contributed by atoms with Crippen LogP contribution in [0.4, 0.5) is 5.82 Å². The van der Waals surface area contributed by atoms with Crippen molar-refractivity contribution < 1.29 is 23.4 Å². The van der Waals surface area contributed by atoms with Gasteiger partial charge < -0.3 is 29.3 Å². The molecule has 1 saturated carbocycles. The van der Waals surface area contributed by atoms with E-state index in [2.05, 4.69) is 27.5 Å². The third kappa shape index (κ3) is 3.60. The Kier molecular flexibility index (Phi) is 4.60. The van der Waals surface area contributed by atoms with Gasteiger partial charge in [0.2, 0.25) is 5.71 Å². The van der Waals surface area contributed by atoms with Gasteiger partial charge in [-0.2, -0.15) is 0 Å². The standard InChI is InChI=1S/C22H24N4O5/c1-12-17(18-19(26-22(2)4-5-22)24-11-25-21(18)31-12)20(27)23-10-13-8-15-16(9-14(13)28-3)30-7-6-29-15/h8-9,11H,4-7,10H2,1-3H3,(H,23,27)(H,24,25,26). The van der Waals surface area contributed by atoms with E-state index in [0.29, 0.717) is 58.7 Å². The number of methoxy groups -OCH3 is 1. The van der Waals surface area contributed by atoms with E-state index in [9.17, 15) is 4.79 Å². The van der Waals surface area contributed by atoms with Crippen LogP contribution < -0.4 is 24.8 Å². The van der Waals surface area contributed by atoms with E-state index in [4.69, 9.17) is 18.6 Å². The minimum Gasteiger partial charge on any atom is -0.496 e. The van der Waals surface area contributed by atoms with Gasteiger partial charge in [0.1, 0.15) is 36.9 Å².